The van der Waals surface area contributed by atoms with E-state index < -0.39 is 5.41 Å². The summed E-state index contributed by atoms with van der Waals surface area (Å²) in [6.45, 7) is 0. The first kappa shape index (κ1) is 35.8. The molecule has 0 N–H and O–H groups in total. The Bertz CT molecular complexity index is 3390. The maximum Gasteiger partial charge on any atom is 0.160 e. The second-order valence-corrected chi connectivity index (χ2v) is 16.1. The highest BCUT2D eigenvalue weighted by molar-refractivity contribution is 6.06. The summed E-state index contributed by atoms with van der Waals surface area (Å²) in [4.78, 5) is 10.3. The number of benzene rings is 9. The summed E-state index contributed by atoms with van der Waals surface area (Å²) in [6, 6.07) is 82.4. The molecule has 3 heteroatoms. The Kier molecular flexibility index (Phi) is 8.39. The van der Waals surface area contributed by atoms with Crippen LogP contribution >= 0.6 is 0 Å². The lowest BCUT2D eigenvalue weighted by Gasteiger charge is -2.34. The SMILES string of the molecule is c1ccc(-c2nc(-c3ccc(-c4ccc5c(c4)C(c4ccccc4)(c4ccccc4)c4cccc(-c6ccccc6)c4-5)cc3)cc(-c3ccc4c(c3)oc3ccccc34)n2)cc1. The third-order valence-electron chi connectivity index (χ3n) is 12.6. The molecular formula is C59H38N2O. The van der Waals surface area contributed by atoms with Crippen molar-refractivity contribution in [3.8, 4) is 67.3 Å². The first-order chi connectivity index (χ1) is 30.7. The third kappa shape index (κ3) is 5.74. The van der Waals surface area contributed by atoms with Gasteiger partial charge in [0.2, 0.25) is 0 Å². The summed E-state index contributed by atoms with van der Waals surface area (Å²) in [5.41, 5.74) is 18.2. The van der Waals surface area contributed by atoms with Crippen LogP contribution < -0.4 is 0 Å². The predicted octanol–water partition coefficient (Wildman–Crippen LogP) is 15.1. The first-order valence-electron chi connectivity index (χ1n) is 21.1. The van der Waals surface area contributed by atoms with E-state index in [4.69, 9.17) is 14.4 Å². The Morgan fingerprint density at radius 3 is 1.60 bits per heavy atom. The first-order valence-corrected chi connectivity index (χ1v) is 21.1. The van der Waals surface area contributed by atoms with Crippen LogP contribution in [-0.2, 0) is 5.41 Å². The van der Waals surface area contributed by atoms with Crippen molar-refractivity contribution in [2.24, 2.45) is 0 Å². The van der Waals surface area contributed by atoms with Gasteiger partial charge in [-0.3, -0.25) is 0 Å². The van der Waals surface area contributed by atoms with Gasteiger partial charge in [-0.05, 0) is 86.0 Å². The van der Waals surface area contributed by atoms with Crippen LogP contribution in [0.15, 0.2) is 235 Å². The van der Waals surface area contributed by atoms with E-state index in [0.717, 1.165) is 61.1 Å². The number of rotatable bonds is 7. The van der Waals surface area contributed by atoms with Gasteiger partial charge in [-0.2, -0.15) is 0 Å². The smallest absolute Gasteiger partial charge is 0.160 e. The molecule has 9 aromatic carbocycles. The molecule has 0 fully saturated rings. The summed E-state index contributed by atoms with van der Waals surface area (Å²) in [5.74, 6) is 0.679. The molecule has 0 radical (unpaired) electrons. The van der Waals surface area contributed by atoms with Crippen molar-refractivity contribution in [3.05, 3.63) is 253 Å². The van der Waals surface area contributed by atoms with Gasteiger partial charge in [0.1, 0.15) is 11.2 Å². The molecule has 0 saturated heterocycles. The van der Waals surface area contributed by atoms with Crippen LogP contribution in [0.4, 0.5) is 0 Å². The standard InChI is InChI=1S/C59H38N2O/c1-5-16-40(17-6-1)47-25-15-26-51-57(47)50-35-32-43(36-52(50)59(51,45-20-9-3-10-21-45)46-22-11-4-12-23-46)39-28-30-41(31-29-39)53-38-54(61-58(60-53)42-18-7-2-8-19-42)44-33-34-49-48-24-13-14-27-55(48)62-56(49)37-44/h1-38H. The van der Waals surface area contributed by atoms with Crippen LogP contribution in [0, 0.1) is 0 Å². The Morgan fingerprint density at radius 1 is 0.323 bits per heavy atom. The number of aromatic nitrogens is 2. The minimum atomic E-state index is -0.523. The summed E-state index contributed by atoms with van der Waals surface area (Å²) >= 11 is 0. The monoisotopic (exact) mass is 790 g/mol. The van der Waals surface area contributed by atoms with Crippen molar-refractivity contribution in [3.63, 3.8) is 0 Å². The number of nitrogens with zero attached hydrogens (tertiary/aromatic N) is 2. The molecule has 2 aromatic heterocycles. The molecule has 0 aliphatic heterocycles. The van der Waals surface area contributed by atoms with Crippen LogP contribution in [-0.4, -0.2) is 9.97 Å². The number of hydrogen-bond donors (Lipinski definition) is 0. The van der Waals surface area contributed by atoms with Crippen molar-refractivity contribution in [2.45, 2.75) is 5.41 Å². The van der Waals surface area contributed by atoms with E-state index in [9.17, 15) is 0 Å². The van der Waals surface area contributed by atoms with E-state index in [1.807, 2.05) is 36.4 Å². The summed E-state index contributed by atoms with van der Waals surface area (Å²) in [6.07, 6.45) is 0. The van der Waals surface area contributed by atoms with E-state index in [0.29, 0.717) is 5.82 Å². The second-order valence-electron chi connectivity index (χ2n) is 16.1. The number of furan rings is 1. The summed E-state index contributed by atoms with van der Waals surface area (Å²) in [5, 5.41) is 2.20. The normalized spacial score (nSPS) is 12.6. The molecule has 1 aliphatic carbocycles. The number of hydrogen-bond acceptors (Lipinski definition) is 3. The molecule has 0 amide bonds. The zero-order valence-electron chi connectivity index (χ0n) is 33.7. The van der Waals surface area contributed by atoms with Gasteiger partial charge in [0.25, 0.3) is 0 Å². The average molecular weight is 791 g/mol. The molecule has 0 atom stereocenters. The largest absolute Gasteiger partial charge is 0.456 e. The highest BCUT2D eigenvalue weighted by Gasteiger charge is 2.47. The molecule has 0 bridgehead atoms. The zero-order chi connectivity index (χ0) is 41.0. The van der Waals surface area contributed by atoms with E-state index in [2.05, 4.69) is 194 Å². The van der Waals surface area contributed by atoms with Gasteiger partial charge in [0, 0.05) is 27.5 Å². The lowest BCUT2D eigenvalue weighted by molar-refractivity contribution is 0.669. The van der Waals surface area contributed by atoms with Crippen LogP contribution in [0.2, 0.25) is 0 Å². The lowest BCUT2D eigenvalue weighted by Crippen LogP contribution is -2.28. The summed E-state index contributed by atoms with van der Waals surface area (Å²) < 4.78 is 6.29. The van der Waals surface area contributed by atoms with E-state index >= 15 is 0 Å². The topological polar surface area (TPSA) is 38.9 Å². The van der Waals surface area contributed by atoms with Crippen molar-refractivity contribution < 1.29 is 4.42 Å². The van der Waals surface area contributed by atoms with Crippen LogP contribution in [0.25, 0.3) is 89.2 Å². The molecule has 0 spiro atoms. The van der Waals surface area contributed by atoms with E-state index in [1.54, 1.807) is 0 Å². The fourth-order valence-electron chi connectivity index (χ4n) is 9.75. The van der Waals surface area contributed by atoms with Crippen molar-refractivity contribution in [2.75, 3.05) is 0 Å². The van der Waals surface area contributed by atoms with Gasteiger partial charge < -0.3 is 4.42 Å². The number of para-hydroxylation sites is 1. The highest BCUT2D eigenvalue weighted by atomic mass is 16.3. The van der Waals surface area contributed by atoms with Crippen LogP contribution in [0.3, 0.4) is 0 Å². The molecule has 62 heavy (non-hydrogen) atoms. The summed E-state index contributed by atoms with van der Waals surface area (Å²) in [7, 11) is 0. The minimum Gasteiger partial charge on any atom is -0.456 e. The van der Waals surface area contributed by atoms with Crippen LogP contribution in [0.5, 0.6) is 0 Å². The maximum absolute atomic E-state index is 6.29. The fraction of sp³-hybridized carbons (Fsp3) is 0.0169. The average Bonchev–Trinajstić information content (AvgIpc) is 3.88. The molecular weight excluding hydrogens is 753 g/mol. The van der Waals surface area contributed by atoms with Gasteiger partial charge in [-0.15, -0.1) is 0 Å². The van der Waals surface area contributed by atoms with Gasteiger partial charge in [-0.25, -0.2) is 9.97 Å². The zero-order valence-corrected chi connectivity index (χ0v) is 33.7. The Morgan fingerprint density at radius 2 is 0.887 bits per heavy atom. The Hall–Kier alpha value is -8.14. The highest BCUT2D eigenvalue weighted by Crippen LogP contribution is 2.59. The molecule has 2 heterocycles. The van der Waals surface area contributed by atoms with Crippen molar-refractivity contribution in [1.82, 2.24) is 9.97 Å². The molecule has 12 rings (SSSR count). The molecule has 11 aromatic rings. The van der Waals surface area contributed by atoms with E-state index in [1.165, 1.54) is 44.5 Å². The van der Waals surface area contributed by atoms with Gasteiger partial charge in [0.15, 0.2) is 5.82 Å². The minimum absolute atomic E-state index is 0.523. The van der Waals surface area contributed by atoms with Gasteiger partial charge in [0.05, 0.1) is 16.8 Å². The molecule has 0 saturated carbocycles. The van der Waals surface area contributed by atoms with Crippen molar-refractivity contribution >= 4 is 21.9 Å². The van der Waals surface area contributed by atoms with Crippen LogP contribution in [0.1, 0.15) is 22.3 Å². The van der Waals surface area contributed by atoms with E-state index in [-0.39, 0.29) is 0 Å². The lowest BCUT2D eigenvalue weighted by atomic mass is 9.67. The fourth-order valence-corrected chi connectivity index (χ4v) is 9.75. The quantitative estimate of drug-likeness (QED) is 0.161. The molecule has 0 unspecified atom stereocenters. The van der Waals surface area contributed by atoms with Gasteiger partial charge >= 0.3 is 0 Å². The molecule has 290 valence electrons. The third-order valence-corrected chi connectivity index (χ3v) is 12.6. The maximum atomic E-state index is 6.29. The molecule has 3 nitrogen and oxygen atoms in total. The predicted molar refractivity (Wildman–Crippen MR) is 254 cm³/mol. The molecule has 1 aliphatic rings. The second kappa shape index (κ2) is 14.5. The van der Waals surface area contributed by atoms with Crippen molar-refractivity contribution in [1.29, 1.82) is 0 Å². The number of fused-ring (bicyclic) bond motifs is 6. The van der Waals surface area contributed by atoms with Gasteiger partial charge in [-0.1, -0.05) is 200 Å². The Labute approximate surface area is 360 Å². The Balaban J connectivity index is 0.995.